The van der Waals surface area contributed by atoms with E-state index in [-0.39, 0.29) is 5.41 Å². The van der Waals surface area contributed by atoms with Crippen LogP contribution in [0, 0.1) is 81.7 Å². The highest BCUT2D eigenvalue weighted by Gasteiger charge is 2.56. The van der Waals surface area contributed by atoms with Gasteiger partial charge in [0.15, 0.2) is 0 Å². The Hall–Kier alpha value is -0.455. The molecule has 3 aliphatic carbocycles. The van der Waals surface area contributed by atoms with Crippen LogP contribution in [0.5, 0.6) is 0 Å². The van der Waals surface area contributed by atoms with Crippen LogP contribution in [0.2, 0.25) is 5.82 Å². The molecule has 4 aliphatic rings. The van der Waals surface area contributed by atoms with Gasteiger partial charge in [0, 0.05) is 5.92 Å². The summed E-state index contributed by atoms with van der Waals surface area (Å²) >= 11 is 0. The maximum atomic E-state index is 6.79. The molecule has 1 heterocycles. The lowest BCUT2D eigenvalue weighted by atomic mass is 9.38. The molecule has 0 bridgehead atoms. The van der Waals surface area contributed by atoms with Gasteiger partial charge in [-0.1, -0.05) is 80.6 Å². The van der Waals surface area contributed by atoms with Crippen molar-refractivity contribution in [1.29, 1.82) is 0 Å². The first-order chi connectivity index (χ1) is 18.6. The normalized spacial score (nSPS) is 45.2. The van der Waals surface area contributed by atoms with Crippen molar-refractivity contribution >= 4 is 7.28 Å². The molecule has 3 saturated carbocycles. The molecule has 39 heavy (non-hydrogen) atoms. The SMILES string of the molecule is CCCC1CC(C2CCC(C3CC(C)(CN)C(C4CC(C)(C)C4CCC)BC#CC3C)C2CCC)C1CCN. The van der Waals surface area contributed by atoms with Gasteiger partial charge in [-0.3, -0.25) is 0 Å². The Morgan fingerprint density at radius 2 is 1.44 bits per heavy atom. The molecule has 0 aromatic rings. The van der Waals surface area contributed by atoms with E-state index in [2.05, 4.69) is 60.2 Å². The molecule has 0 spiro atoms. The third-order valence-corrected chi connectivity index (χ3v) is 13.3. The Kier molecular flexibility index (Phi) is 10.7. The van der Waals surface area contributed by atoms with Gasteiger partial charge in [-0.2, -0.15) is 5.82 Å². The van der Waals surface area contributed by atoms with Gasteiger partial charge in [0.25, 0.3) is 0 Å². The predicted molar refractivity (Wildman–Crippen MR) is 172 cm³/mol. The molecule has 1 aliphatic heterocycles. The Morgan fingerprint density at radius 1 is 0.769 bits per heavy atom. The molecule has 2 nitrogen and oxygen atoms in total. The average Bonchev–Trinajstić information content (AvgIpc) is 3.29. The highest BCUT2D eigenvalue weighted by Crippen LogP contribution is 2.63. The molecule has 0 aromatic heterocycles. The third kappa shape index (κ3) is 6.19. The monoisotopic (exact) mass is 537 g/mol. The molecule has 0 radical (unpaired) electrons. The Balaban J connectivity index is 1.57. The minimum atomic E-state index is 0.209. The second kappa shape index (κ2) is 13.2. The van der Waals surface area contributed by atoms with Crippen molar-refractivity contribution < 1.29 is 0 Å². The van der Waals surface area contributed by atoms with Crippen molar-refractivity contribution in [2.75, 3.05) is 13.1 Å². The summed E-state index contributed by atoms with van der Waals surface area (Å²) in [4.78, 5) is 0. The first-order valence-corrected chi connectivity index (χ1v) is 17.5. The number of hydrogen-bond donors (Lipinski definition) is 2. The van der Waals surface area contributed by atoms with Gasteiger partial charge >= 0.3 is 0 Å². The highest BCUT2D eigenvalue weighted by atomic mass is 14.7. The number of nitrogens with two attached hydrogens (primary N) is 2. The summed E-state index contributed by atoms with van der Waals surface area (Å²) < 4.78 is 0. The zero-order valence-corrected chi connectivity index (χ0v) is 27.1. The van der Waals surface area contributed by atoms with Gasteiger partial charge < -0.3 is 11.5 Å². The van der Waals surface area contributed by atoms with E-state index in [0.29, 0.717) is 23.1 Å². The molecule has 3 fully saturated rings. The molecule has 0 amide bonds. The Morgan fingerprint density at radius 3 is 2.03 bits per heavy atom. The van der Waals surface area contributed by atoms with E-state index in [9.17, 15) is 0 Å². The van der Waals surface area contributed by atoms with Crippen LogP contribution in [0.1, 0.15) is 126 Å². The summed E-state index contributed by atoms with van der Waals surface area (Å²) in [5, 5.41) is 0. The Labute approximate surface area is 244 Å². The second-order valence-corrected chi connectivity index (χ2v) is 15.9. The molecule has 3 heteroatoms. The van der Waals surface area contributed by atoms with Crippen LogP contribution in [0.15, 0.2) is 0 Å². The van der Waals surface area contributed by atoms with E-state index in [1.54, 1.807) is 0 Å². The summed E-state index contributed by atoms with van der Waals surface area (Å²) in [6.07, 6.45) is 16.4. The summed E-state index contributed by atoms with van der Waals surface area (Å²) in [6.45, 7) is 18.9. The molecular formula is C36H65BN2. The molecule has 12 unspecified atom stereocenters. The zero-order valence-electron chi connectivity index (χ0n) is 27.1. The minimum Gasteiger partial charge on any atom is -0.330 e. The lowest BCUT2D eigenvalue weighted by Gasteiger charge is -2.59. The Bertz CT molecular complexity index is 843. The number of hydrogen-bond acceptors (Lipinski definition) is 2. The van der Waals surface area contributed by atoms with Crippen molar-refractivity contribution in [1.82, 2.24) is 0 Å². The molecule has 0 saturated heterocycles. The van der Waals surface area contributed by atoms with Crippen LogP contribution < -0.4 is 11.5 Å². The quantitative estimate of drug-likeness (QED) is 0.196. The van der Waals surface area contributed by atoms with Gasteiger partial charge in [0.1, 0.15) is 0 Å². The first kappa shape index (κ1) is 31.5. The average molecular weight is 537 g/mol. The second-order valence-electron chi connectivity index (χ2n) is 15.9. The molecule has 12 atom stereocenters. The summed E-state index contributed by atoms with van der Waals surface area (Å²) in [5.74, 6) is 16.6. The van der Waals surface area contributed by atoms with E-state index in [1.807, 2.05) is 0 Å². The van der Waals surface area contributed by atoms with E-state index in [0.717, 1.165) is 67.7 Å². The van der Waals surface area contributed by atoms with Crippen LogP contribution in [-0.4, -0.2) is 20.4 Å². The van der Waals surface area contributed by atoms with E-state index in [4.69, 9.17) is 11.5 Å². The zero-order chi connectivity index (χ0) is 28.4. The largest absolute Gasteiger partial charge is 0.330 e. The van der Waals surface area contributed by atoms with Crippen LogP contribution in [-0.2, 0) is 0 Å². The fourth-order valence-corrected chi connectivity index (χ4v) is 11.3. The van der Waals surface area contributed by atoms with E-state index in [1.165, 1.54) is 77.0 Å². The van der Waals surface area contributed by atoms with Gasteiger partial charge in [-0.15, -0.1) is 5.92 Å². The van der Waals surface area contributed by atoms with Crippen molar-refractivity contribution in [3.8, 4) is 11.7 Å². The number of rotatable bonds is 12. The van der Waals surface area contributed by atoms with Crippen LogP contribution in [0.25, 0.3) is 0 Å². The molecule has 4 N–H and O–H groups in total. The van der Waals surface area contributed by atoms with Crippen molar-refractivity contribution in [3.63, 3.8) is 0 Å². The van der Waals surface area contributed by atoms with Gasteiger partial charge in [-0.05, 0) is 128 Å². The standard InChI is InChI=1S/C36H65BN2/c1-8-11-25-20-30(26(25)17-19-38)28-14-15-29(27(28)12-9-2)31-22-36(7,23-39)34(37-18-16-24(31)4)32-21-35(5,6)33(32)13-10-3/h24-34,37H,8-15,17,19-23,38-39H2,1-7H3. The van der Waals surface area contributed by atoms with Crippen LogP contribution >= 0.6 is 0 Å². The summed E-state index contributed by atoms with van der Waals surface area (Å²) in [6, 6.07) is 0. The van der Waals surface area contributed by atoms with E-state index >= 15 is 0 Å². The third-order valence-electron chi connectivity index (χ3n) is 13.3. The van der Waals surface area contributed by atoms with Crippen molar-refractivity contribution in [2.24, 2.45) is 81.5 Å². The van der Waals surface area contributed by atoms with Crippen LogP contribution in [0.3, 0.4) is 0 Å². The van der Waals surface area contributed by atoms with Crippen molar-refractivity contribution in [2.45, 2.75) is 131 Å². The lowest BCUT2D eigenvalue weighted by Crippen LogP contribution is -2.52. The summed E-state index contributed by atoms with van der Waals surface area (Å²) in [5.41, 5.74) is 13.7. The fraction of sp³-hybridized carbons (Fsp3) is 0.944. The van der Waals surface area contributed by atoms with Gasteiger partial charge in [0.2, 0.25) is 7.28 Å². The summed E-state index contributed by atoms with van der Waals surface area (Å²) in [7, 11) is 1.07. The van der Waals surface area contributed by atoms with Gasteiger partial charge in [-0.25, -0.2) is 0 Å². The topological polar surface area (TPSA) is 52.0 Å². The first-order valence-electron chi connectivity index (χ1n) is 17.5. The molecule has 222 valence electrons. The molecular weight excluding hydrogens is 471 g/mol. The van der Waals surface area contributed by atoms with E-state index < -0.39 is 0 Å². The molecule has 4 rings (SSSR count). The maximum absolute atomic E-state index is 6.79. The lowest BCUT2D eigenvalue weighted by molar-refractivity contribution is -0.0487. The van der Waals surface area contributed by atoms with Crippen LogP contribution in [0.4, 0.5) is 0 Å². The van der Waals surface area contributed by atoms with Gasteiger partial charge in [0.05, 0.1) is 0 Å². The molecule has 0 aromatic carbocycles. The maximum Gasteiger partial charge on any atom is 0.217 e. The fourth-order valence-electron chi connectivity index (χ4n) is 11.3. The minimum absolute atomic E-state index is 0.209. The highest BCUT2D eigenvalue weighted by molar-refractivity contribution is 6.48. The smallest absolute Gasteiger partial charge is 0.217 e. The predicted octanol–water partition coefficient (Wildman–Crippen LogP) is 8.10. The van der Waals surface area contributed by atoms with Crippen molar-refractivity contribution in [3.05, 3.63) is 0 Å².